The molecular weight excluding hydrogens is 228 g/mol. The number of aliphatic hydroxyl groups excluding tert-OH is 1. The van der Waals surface area contributed by atoms with Crippen molar-refractivity contribution < 1.29 is 9.90 Å². The molecule has 0 heterocycles. The van der Waals surface area contributed by atoms with Crippen LogP contribution in [0.5, 0.6) is 0 Å². The Labute approximate surface area is 108 Å². The van der Waals surface area contributed by atoms with Gasteiger partial charge >= 0.3 is 0 Å². The van der Waals surface area contributed by atoms with Gasteiger partial charge in [0.1, 0.15) is 0 Å². The zero-order valence-corrected chi connectivity index (χ0v) is 10.6. The zero-order valence-electron chi connectivity index (χ0n) is 10.6. The molecule has 0 saturated heterocycles. The topological polar surface area (TPSA) is 75.3 Å². The van der Waals surface area contributed by atoms with Crippen LogP contribution in [-0.2, 0) is 4.79 Å². The van der Waals surface area contributed by atoms with E-state index in [1.807, 2.05) is 19.1 Å². The van der Waals surface area contributed by atoms with Gasteiger partial charge in [-0.3, -0.25) is 4.79 Å². The number of nitrogen functional groups attached to an aromatic ring is 1. The fourth-order valence-electron chi connectivity index (χ4n) is 1.60. The van der Waals surface area contributed by atoms with Crippen LogP contribution in [-0.4, -0.2) is 23.7 Å². The normalized spacial score (nSPS) is 12.6. The van der Waals surface area contributed by atoms with Crippen LogP contribution in [0.4, 0.5) is 5.69 Å². The third kappa shape index (κ3) is 5.50. The van der Waals surface area contributed by atoms with Gasteiger partial charge in [0.05, 0.1) is 0 Å². The van der Waals surface area contributed by atoms with E-state index in [4.69, 9.17) is 10.8 Å². The average Bonchev–Trinajstić information content (AvgIpc) is 2.34. The number of nitrogens with one attached hydrogen (secondary N) is 1. The Bertz CT molecular complexity index is 416. The second-order valence-electron chi connectivity index (χ2n) is 4.28. The second-order valence-corrected chi connectivity index (χ2v) is 4.28. The molecule has 0 aliphatic rings. The summed E-state index contributed by atoms with van der Waals surface area (Å²) in [5, 5.41) is 11.5. The SMILES string of the molecule is CC(CCCO)NC(=O)/C=C/c1cccc(N)c1. The highest BCUT2D eigenvalue weighted by Gasteiger charge is 2.03. The molecule has 0 spiro atoms. The molecule has 0 saturated carbocycles. The van der Waals surface area contributed by atoms with E-state index in [9.17, 15) is 4.79 Å². The van der Waals surface area contributed by atoms with Crippen molar-refractivity contribution >= 4 is 17.7 Å². The summed E-state index contributed by atoms with van der Waals surface area (Å²) in [4.78, 5) is 11.6. The van der Waals surface area contributed by atoms with Crippen molar-refractivity contribution in [3.8, 4) is 0 Å². The van der Waals surface area contributed by atoms with E-state index in [1.54, 1.807) is 18.2 Å². The number of carbonyl (C=O) groups excluding carboxylic acids is 1. The highest BCUT2D eigenvalue weighted by molar-refractivity contribution is 5.91. The fourth-order valence-corrected chi connectivity index (χ4v) is 1.60. The van der Waals surface area contributed by atoms with E-state index in [1.165, 1.54) is 6.08 Å². The summed E-state index contributed by atoms with van der Waals surface area (Å²) in [5.41, 5.74) is 7.21. The Morgan fingerprint density at radius 3 is 3.00 bits per heavy atom. The maximum atomic E-state index is 11.6. The lowest BCUT2D eigenvalue weighted by atomic mass is 10.1. The molecule has 0 radical (unpaired) electrons. The lowest BCUT2D eigenvalue weighted by Gasteiger charge is -2.10. The third-order valence-corrected chi connectivity index (χ3v) is 2.52. The van der Waals surface area contributed by atoms with Crippen LogP contribution in [0.3, 0.4) is 0 Å². The van der Waals surface area contributed by atoms with Crippen molar-refractivity contribution in [3.05, 3.63) is 35.9 Å². The second kappa shape index (κ2) is 7.50. The van der Waals surface area contributed by atoms with Gasteiger partial charge in [-0.05, 0) is 43.5 Å². The number of anilines is 1. The molecule has 4 nitrogen and oxygen atoms in total. The van der Waals surface area contributed by atoms with Gasteiger partial charge in [0.25, 0.3) is 0 Å². The number of amides is 1. The maximum Gasteiger partial charge on any atom is 0.244 e. The van der Waals surface area contributed by atoms with E-state index in [-0.39, 0.29) is 18.6 Å². The molecule has 1 rings (SSSR count). The highest BCUT2D eigenvalue weighted by Crippen LogP contribution is 2.07. The Morgan fingerprint density at radius 1 is 1.56 bits per heavy atom. The fraction of sp³-hybridized carbons (Fsp3) is 0.357. The van der Waals surface area contributed by atoms with Gasteiger partial charge in [0.15, 0.2) is 0 Å². The molecule has 4 N–H and O–H groups in total. The van der Waals surface area contributed by atoms with Crippen molar-refractivity contribution in [2.75, 3.05) is 12.3 Å². The Hall–Kier alpha value is -1.81. The molecule has 0 aromatic heterocycles. The Morgan fingerprint density at radius 2 is 2.33 bits per heavy atom. The predicted octanol–water partition coefficient (Wildman–Crippen LogP) is 1.56. The van der Waals surface area contributed by atoms with Gasteiger partial charge in [-0.25, -0.2) is 0 Å². The molecule has 4 heteroatoms. The molecule has 0 aliphatic carbocycles. The minimum Gasteiger partial charge on any atom is -0.399 e. The van der Waals surface area contributed by atoms with Gasteiger partial charge in [0.2, 0.25) is 5.91 Å². The molecular formula is C14H20N2O2. The van der Waals surface area contributed by atoms with Crippen molar-refractivity contribution in [2.24, 2.45) is 0 Å². The summed E-state index contributed by atoms with van der Waals surface area (Å²) in [5.74, 6) is -0.136. The predicted molar refractivity (Wildman–Crippen MR) is 73.8 cm³/mol. The number of benzene rings is 1. The summed E-state index contributed by atoms with van der Waals surface area (Å²) >= 11 is 0. The first-order chi connectivity index (χ1) is 8.61. The molecule has 1 aromatic carbocycles. The minimum atomic E-state index is -0.136. The van der Waals surface area contributed by atoms with Crippen LogP contribution >= 0.6 is 0 Å². The van der Waals surface area contributed by atoms with Crippen LogP contribution in [0.1, 0.15) is 25.3 Å². The average molecular weight is 248 g/mol. The molecule has 18 heavy (non-hydrogen) atoms. The number of carbonyl (C=O) groups is 1. The van der Waals surface area contributed by atoms with Gasteiger partial charge in [-0.2, -0.15) is 0 Å². The van der Waals surface area contributed by atoms with Crippen LogP contribution in [0, 0.1) is 0 Å². The number of nitrogens with two attached hydrogens (primary N) is 1. The minimum absolute atomic E-state index is 0.0649. The van der Waals surface area contributed by atoms with Crippen LogP contribution in [0.25, 0.3) is 6.08 Å². The summed E-state index contributed by atoms with van der Waals surface area (Å²) in [6.07, 6.45) is 4.68. The summed E-state index contributed by atoms with van der Waals surface area (Å²) in [6.45, 7) is 2.07. The molecule has 1 amide bonds. The molecule has 0 fully saturated rings. The van der Waals surface area contributed by atoms with Gasteiger partial charge in [-0.15, -0.1) is 0 Å². The van der Waals surface area contributed by atoms with Crippen LogP contribution in [0.2, 0.25) is 0 Å². The summed E-state index contributed by atoms with van der Waals surface area (Å²) < 4.78 is 0. The smallest absolute Gasteiger partial charge is 0.244 e. The monoisotopic (exact) mass is 248 g/mol. The first-order valence-electron chi connectivity index (χ1n) is 6.07. The first kappa shape index (κ1) is 14.3. The van der Waals surface area contributed by atoms with Gasteiger partial charge < -0.3 is 16.2 Å². The van der Waals surface area contributed by atoms with Crippen molar-refractivity contribution in [1.29, 1.82) is 0 Å². The van der Waals surface area contributed by atoms with Crippen molar-refractivity contribution in [2.45, 2.75) is 25.8 Å². The number of hydrogen-bond donors (Lipinski definition) is 3. The quantitative estimate of drug-likeness (QED) is 0.528. The lowest BCUT2D eigenvalue weighted by Crippen LogP contribution is -2.31. The van der Waals surface area contributed by atoms with E-state index < -0.39 is 0 Å². The standard InChI is InChI=1S/C14H20N2O2/c1-11(4-3-9-17)16-14(18)8-7-12-5-2-6-13(15)10-12/h2,5-8,10-11,17H,3-4,9,15H2,1H3,(H,16,18)/b8-7+. The largest absolute Gasteiger partial charge is 0.399 e. The molecule has 1 atom stereocenters. The highest BCUT2D eigenvalue weighted by atomic mass is 16.2. The lowest BCUT2D eigenvalue weighted by molar-refractivity contribution is -0.117. The van der Waals surface area contributed by atoms with E-state index >= 15 is 0 Å². The molecule has 0 aliphatic heterocycles. The van der Waals surface area contributed by atoms with Crippen LogP contribution < -0.4 is 11.1 Å². The van der Waals surface area contributed by atoms with E-state index in [2.05, 4.69) is 5.32 Å². The number of hydrogen-bond acceptors (Lipinski definition) is 3. The maximum absolute atomic E-state index is 11.6. The van der Waals surface area contributed by atoms with E-state index in [0.717, 1.165) is 12.0 Å². The molecule has 1 unspecified atom stereocenters. The zero-order chi connectivity index (χ0) is 13.4. The first-order valence-corrected chi connectivity index (χ1v) is 6.07. The summed E-state index contributed by atoms with van der Waals surface area (Å²) in [7, 11) is 0. The molecule has 1 aromatic rings. The van der Waals surface area contributed by atoms with Crippen LogP contribution in [0.15, 0.2) is 30.3 Å². The molecule has 0 bridgehead atoms. The number of rotatable bonds is 6. The van der Waals surface area contributed by atoms with Gasteiger partial charge in [-0.1, -0.05) is 12.1 Å². The Balaban J connectivity index is 2.44. The van der Waals surface area contributed by atoms with Crippen molar-refractivity contribution in [1.82, 2.24) is 5.32 Å². The van der Waals surface area contributed by atoms with Crippen molar-refractivity contribution in [3.63, 3.8) is 0 Å². The summed E-state index contributed by atoms with van der Waals surface area (Å²) in [6, 6.07) is 7.40. The molecule has 98 valence electrons. The third-order valence-electron chi connectivity index (χ3n) is 2.52. The number of aliphatic hydroxyl groups is 1. The van der Waals surface area contributed by atoms with Gasteiger partial charge in [0, 0.05) is 24.4 Å². The van der Waals surface area contributed by atoms with E-state index in [0.29, 0.717) is 12.1 Å². The Kier molecular flexibility index (Phi) is 5.94.